The maximum atomic E-state index is 11.1. The third-order valence-corrected chi connectivity index (χ3v) is 5.83. The van der Waals surface area contributed by atoms with E-state index >= 15 is 0 Å². The molecule has 0 bridgehead atoms. The van der Waals surface area contributed by atoms with Crippen molar-refractivity contribution in [2.45, 2.75) is 26.2 Å². The van der Waals surface area contributed by atoms with Crippen LogP contribution in [0.1, 0.15) is 35.7 Å². The van der Waals surface area contributed by atoms with Crippen LogP contribution in [0.2, 0.25) is 0 Å². The van der Waals surface area contributed by atoms with Gasteiger partial charge in [-0.15, -0.1) is 0 Å². The van der Waals surface area contributed by atoms with Crippen molar-refractivity contribution >= 4 is 39.2 Å². The van der Waals surface area contributed by atoms with Crippen LogP contribution in [0.5, 0.6) is 0 Å². The Balaban J connectivity index is 1.53. The highest BCUT2D eigenvalue weighted by molar-refractivity contribution is 6.10. The molecule has 4 aromatic carbocycles. The van der Waals surface area contributed by atoms with Gasteiger partial charge in [-0.25, -0.2) is 9.78 Å². The van der Waals surface area contributed by atoms with Crippen LogP contribution < -0.4 is 5.32 Å². The fourth-order valence-electron chi connectivity index (χ4n) is 4.03. The summed E-state index contributed by atoms with van der Waals surface area (Å²) in [4.78, 5) is 15.9. The molecule has 1 heterocycles. The van der Waals surface area contributed by atoms with Crippen LogP contribution in [0.3, 0.4) is 0 Å². The smallest absolute Gasteiger partial charge is 0.335 e. The molecule has 5 heteroatoms. The number of nitrogens with zero attached hydrogens (tertiary/aromatic N) is 1. The number of carbonyl (C=O) groups is 1. The number of anilines is 2. The van der Waals surface area contributed by atoms with Crippen molar-refractivity contribution in [3.05, 3.63) is 90.0 Å². The number of carboxylic acids is 1. The maximum absolute atomic E-state index is 11.1. The van der Waals surface area contributed by atoms with Gasteiger partial charge in [0.15, 0.2) is 5.58 Å². The highest BCUT2D eigenvalue weighted by Gasteiger charge is 2.15. The normalized spacial score (nSPS) is 11.2. The summed E-state index contributed by atoms with van der Waals surface area (Å²) in [5.74, 6) is -0.497. The molecule has 5 rings (SSSR count). The summed E-state index contributed by atoms with van der Waals surface area (Å²) < 4.78 is 6.11. The summed E-state index contributed by atoms with van der Waals surface area (Å²) in [6.07, 6.45) is 3.48. The van der Waals surface area contributed by atoms with E-state index in [2.05, 4.69) is 42.6 Å². The predicted molar refractivity (Wildman–Crippen MR) is 132 cm³/mol. The van der Waals surface area contributed by atoms with E-state index in [1.54, 1.807) is 24.3 Å². The number of oxazole rings is 1. The Hall–Kier alpha value is -4.12. The van der Waals surface area contributed by atoms with E-state index in [0.717, 1.165) is 39.6 Å². The fraction of sp³-hybridized carbons (Fsp3) is 0.143. The molecule has 0 radical (unpaired) electrons. The molecule has 164 valence electrons. The first kappa shape index (κ1) is 20.8. The lowest BCUT2D eigenvalue weighted by Crippen LogP contribution is -1.94. The first-order valence-corrected chi connectivity index (χ1v) is 11.1. The zero-order chi connectivity index (χ0) is 22.8. The Labute approximate surface area is 191 Å². The third-order valence-electron chi connectivity index (χ3n) is 5.83. The average molecular weight is 437 g/mol. The van der Waals surface area contributed by atoms with Gasteiger partial charge in [0.2, 0.25) is 5.89 Å². The van der Waals surface area contributed by atoms with Gasteiger partial charge in [0.1, 0.15) is 5.52 Å². The monoisotopic (exact) mass is 436 g/mol. The Bertz CT molecular complexity index is 1430. The Morgan fingerprint density at radius 1 is 0.970 bits per heavy atom. The molecule has 5 aromatic rings. The van der Waals surface area contributed by atoms with Gasteiger partial charge in [0, 0.05) is 28.1 Å². The maximum Gasteiger partial charge on any atom is 0.335 e. The van der Waals surface area contributed by atoms with Crippen LogP contribution in [0.15, 0.2) is 83.3 Å². The number of hydrogen-bond donors (Lipinski definition) is 2. The van der Waals surface area contributed by atoms with Crippen LogP contribution in [0.25, 0.3) is 33.3 Å². The quantitative estimate of drug-likeness (QED) is 0.277. The number of aromatic nitrogens is 1. The van der Waals surface area contributed by atoms with Gasteiger partial charge in [-0.3, -0.25) is 0 Å². The first-order valence-electron chi connectivity index (χ1n) is 11.1. The largest absolute Gasteiger partial charge is 0.478 e. The Kier molecular flexibility index (Phi) is 5.53. The number of fused-ring (bicyclic) bond motifs is 3. The second-order valence-corrected chi connectivity index (χ2v) is 8.14. The van der Waals surface area contributed by atoms with Gasteiger partial charge >= 0.3 is 5.97 Å². The minimum atomic E-state index is -0.959. The molecule has 0 amide bonds. The van der Waals surface area contributed by atoms with E-state index in [9.17, 15) is 4.79 Å². The van der Waals surface area contributed by atoms with Gasteiger partial charge in [-0.1, -0.05) is 49.7 Å². The average Bonchev–Trinajstić information content (AvgIpc) is 3.28. The molecule has 0 saturated carbocycles. The Morgan fingerprint density at radius 3 is 2.39 bits per heavy atom. The summed E-state index contributed by atoms with van der Waals surface area (Å²) in [6, 6.07) is 25.2. The molecule has 0 spiro atoms. The molecule has 2 N–H and O–H groups in total. The van der Waals surface area contributed by atoms with Crippen LogP contribution in [0, 0.1) is 0 Å². The number of unbranched alkanes of at least 4 members (excludes halogenated alkanes) is 1. The number of nitrogens with one attached hydrogen (secondary N) is 1. The van der Waals surface area contributed by atoms with Crippen LogP contribution in [0.4, 0.5) is 11.4 Å². The van der Waals surface area contributed by atoms with E-state index in [1.807, 2.05) is 24.3 Å². The summed E-state index contributed by atoms with van der Waals surface area (Å²) in [7, 11) is 0. The van der Waals surface area contributed by atoms with Crippen molar-refractivity contribution in [1.82, 2.24) is 4.98 Å². The molecule has 5 nitrogen and oxygen atoms in total. The molecule has 0 fully saturated rings. The van der Waals surface area contributed by atoms with Crippen molar-refractivity contribution in [2.24, 2.45) is 0 Å². The summed E-state index contributed by atoms with van der Waals surface area (Å²) in [6.45, 7) is 2.21. The molecule has 1 aromatic heterocycles. The lowest BCUT2D eigenvalue weighted by atomic mass is 10.1. The molecule has 0 atom stereocenters. The van der Waals surface area contributed by atoms with Crippen LogP contribution in [-0.4, -0.2) is 16.1 Å². The zero-order valence-electron chi connectivity index (χ0n) is 18.3. The first-order chi connectivity index (χ1) is 16.1. The second kappa shape index (κ2) is 8.79. The molecular weight excluding hydrogens is 412 g/mol. The van der Waals surface area contributed by atoms with E-state index in [0.29, 0.717) is 11.5 Å². The minimum absolute atomic E-state index is 0.229. The van der Waals surface area contributed by atoms with E-state index in [1.165, 1.54) is 18.4 Å². The summed E-state index contributed by atoms with van der Waals surface area (Å²) >= 11 is 0. The second-order valence-electron chi connectivity index (χ2n) is 8.14. The van der Waals surface area contributed by atoms with Crippen molar-refractivity contribution in [2.75, 3.05) is 5.32 Å². The van der Waals surface area contributed by atoms with Crippen molar-refractivity contribution in [3.8, 4) is 11.5 Å². The third kappa shape index (κ3) is 4.17. The predicted octanol–water partition coefficient (Wildman–Crippen LogP) is 7.43. The van der Waals surface area contributed by atoms with Crippen LogP contribution >= 0.6 is 0 Å². The van der Waals surface area contributed by atoms with E-state index in [-0.39, 0.29) is 5.56 Å². The highest BCUT2D eigenvalue weighted by atomic mass is 16.4. The number of benzene rings is 4. The fourth-order valence-corrected chi connectivity index (χ4v) is 4.03. The van der Waals surface area contributed by atoms with Gasteiger partial charge in [-0.2, -0.15) is 0 Å². The number of rotatable bonds is 7. The van der Waals surface area contributed by atoms with Gasteiger partial charge in [0.25, 0.3) is 0 Å². The summed E-state index contributed by atoms with van der Waals surface area (Å²) in [5.41, 5.74) is 5.73. The lowest BCUT2D eigenvalue weighted by Gasteiger charge is -2.11. The van der Waals surface area contributed by atoms with Crippen molar-refractivity contribution < 1.29 is 14.3 Å². The minimum Gasteiger partial charge on any atom is -0.478 e. The standard InChI is InChI=1S/C28H24N2O3/c1-2-3-6-18-9-15-21(16-10-18)29-24-17-25-26(23-8-5-4-7-22(23)24)30-27(33-25)19-11-13-20(14-12-19)28(31)32/h4-5,7-17,29H,2-3,6H2,1H3,(H,31,32). The molecule has 33 heavy (non-hydrogen) atoms. The SMILES string of the molecule is CCCCc1ccc(Nc2cc3oc(-c4ccc(C(=O)O)cc4)nc3c3ccccc23)cc1. The molecule has 0 saturated heterocycles. The van der Waals surface area contributed by atoms with Crippen molar-refractivity contribution in [3.63, 3.8) is 0 Å². The molecular formula is C28H24N2O3. The highest BCUT2D eigenvalue weighted by Crippen LogP contribution is 2.35. The van der Waals surface area contributed by atoms with Crippen LogP contribution in [-0.2, 0) is 6.42 Å². The molecule has 0 aliphatic heterocycles. The Morgan fingerprint density at radius 2 is 1.70 bits per heavy atom. The topological polar surface area (TPSA) is 75.4 Å². The number of aryl methyl sites for hydroxylation is 1. The molecule has 0 unspecified atom stereocenters. The number of hydrogen-bond acceptors (Lipinski definition) is 4. The molecule has 0 aliphatic rings. The zero-order valence-corrected chi connectivity index (χ0v) is 18.3. The number of carboxylic acid groups (broad SMARTS) is 1. The van der Waals surface area contributed by atoms with E-state index < -0.39 is 5.97 Å². The van der Waals surface area contributed by atoms with Crippen molar-refractivity contribution in [1.29, 1.82) is 0 Å². The summed E-state index contributed by atoms with van der Waals surface area (Å²) in [5, 5.41) is 14.7. The van der Waals surface area contributed by atoms with Gasteiger partial charge in [0.05, 0.1) is 11.3 Å². The van der Waals surface area contributed by atoms with E-state index in [4.69, 9.17) is 14.5 Å². The van der Waals surface area contributed by atoms with Gasteiger partial charge in [-0.05, 0) is 54.8 Å². The molecule has 0 aliphatic carbocycles. The lowest BCUT2D eigenvalue weighted by molar-refractivity contribution is 0.0697. The van der Waals surface area contributed by atoms with Gasteiger partial charge < -0.3 is 14.8 Å². The number of aromatic carboxylic acids is 1.